The Labute approximate surface area is 150 Å². The number of aromatic carboxylic acids is 1. The summed E-state index contributed by atoms with van der Waals surface area (Å²) in [6.07, 6.45) is 0. The highest BCUT2D eigenvalue weighted by molar-refractivity contribution is 5.94. The average Bonchev–Trinajstić information content (AvgIpc) is 2.67. The molecule has 0 fully saturated rings. The second-order valence-corrected chi connectivity index (χ2v) is 5.14. The highest BCUT2D eigenvalue weighted by Gasteiger charge is 2.10. The van der Waals surface area contributed by atoms with E-state index in [2.05, 4.69) is 0 Å². The smallest absolute Gasteiger partial charge is 0.338 e. The minimum atomic E-state index is -1.12. The molecule has 0 aromatic heterocycles. The Kier molecular flexibility index (Phi) is 7.32. The van der Waals surface area contributed by atoms with E-state index in [1.807, 2.05) is 0 Å². The van der Waals surface area contributed by atoms with E-state index >= 15 is 0 Å². The largest absolute Gasteiger partial charge is 0.478 e. The lowest BCUT2D eigenvalue weighted by molar-refractivity contribution is 0.0151. The maximum absolute atomic E-state index is 11.8. The molecule has 26 heavy (non-hydrogen) atoms. The van der Waals surface area contributed by atoms with Crippen LogP contribution in [-0.4, -0.2) is 49.4 Å². The van der Waals surface area contributed by atoms with Gasteiger partial charge in [0.25, 0.3) is 0 Å². The summed E-state index contributed by atoms with van der Waals surface area (Å²) in [5, 5.41) is 8.89. The standard InChI is InChI=1S/C19H18O7/c20-17(21)15-7-4-8-16(13-15)19(23)26-12-10-24-9-11-25-18(22)14-5-2-1-3-6-14/h1-8,13H,9-12H2,(H,20,21). The van der Waals surface area contributed by atoms with Crippen LogP contribution in [0.4, 0.5) is 0 Å². The second-order valence-electron chi connectivity index (χ2n) is 5.14. The number of rotatable bonds is 9. The van der Waals surface area contributed by atoms with Gasteiger partial charge in [0.15, 0.2) is 0 Å². The number of esters is 2. The predicted octanol–water partition coefficient (Wildman–Crippen LogP) is 2.42. The molecule has 2 aromatic rings. The number of carboxylic acid groups (broad SMARTS) is 1. The summed E-state index contributed by atoms with van der Waals surface area (Å²) >= 11 is 0. The molecular formula is C19H18O7. The van der Waals surface area contributed by atoms with Crippen LogP contribution >= 0.6 is 0 Å². The maximum atomic E-state index is 11.8. The fourth-order valence-electron chi connectivity index (χ4n) is 2.01. The SMILES string of the molecule is O=C(O)c1cccc(C(=O)OCCOCCOC(=O)c2ccccc2)c1. The maximum Gasteiger partial charge on any atom is 0.338 e. The van der Waals surface area contributed by atoms with Crippen LogP contribution in [0.15, 0.2) is 54.6 Å². The van der Waals surface area contributed by atoms with E-state index in [0.29, 0.717) is 5.56 Å². The van der Waals surface area contributed by atoms with Crippen molar-refractivity contribution in [3.63, 3.8) is 0 Å². The summed E-state index contributed by atoms with van der Waals surface area (Å²) in [5.74, 6) is -2.18. The van der Waals surface area contributed by atoms with E-state index in [1.54, 1.807) is 30.3 Å². The Balaban J connectivity index is 1.60. The topological polar surface area (TPSA) is 99.1 Å². The first-order valence-electron chi connectivity index (χ1n) is 7.88. The molecule has 0 atom stereocenters. The van der Waals surface area contributed by atoms with Gasteiger partial charge in [0.1, 0.15) is 13.2 Å². The molecule has 1 N–H and O–H groups in total. The predicted molar refractivity (Wildman–Crippen MR) is 91.2 cm³/mol. The van der Waals surface area contributed by atoms with Crippen molar-refractivity contribution in [2.75, 3.05) is 26.4 Å². The molecule has 0 heterocycles. The van der Waals surface area contributed by atoms with Crippen molar-refractivity contribution in [3.8, 4) is 0 Å². The molecule has 0 saturated carbocycles. The number of benzene rings is 2. The zero-order chi connectivity index (χ0) is 18.8. The molecule has 7 heteroatoms. The third-order valence-electron chi connectivity index (χ3n) is 3.28. The molecule has 0 amide bonds. The summed E-state index contributed by atoms with van der Waals surface area (Å²) in [6.45, 7) is 0.392. The highest BCUT2D eigenvalue weighted by atomic mass is 16.6. The number of ether oxygens (including phenoxy) is 3. The third-order valence-corrected chi connectivity index (χ3v) is 3.28. The first-order valence-corrected chi connectivity index (χ1v) is 7.88. The van der Waals surface area contributed by atoms with E-state index in [-0.39, 0.29) is 37.6 Å². The van der Waals surface area contributed by atoms with Crippen LogP contribution in [0.5, 0.6) is 0 Å². The van der Waals surface area contributed by atoms with Gasteiger partial charge in [-0.3, -0.25) is 0 Å². The molecular weight excluding hydrogens is 340 g/mol. The van der Waals surface area contributed by atoms with Crippen LogP contribution in [0.3, 0.4) is 0 Å². The van der Waals surface area contributed by atoms with E-state index in [0.717, 1.165) is 0 Å². The van der Waals surface area contributed by atoms with Gasteiger partial charge >= 0.3 is 17.9 Å². The normalized spacial score (nSPS) is 10.2. The molecule has 0 radical (unpaired) electrons. The molecule has 0 bridgehead atoms. The number of carboxylic acids is 1. The lowest BCUT2D eigenvalue weighted by Crippen LogP contribution is -2.15. The second kappa shape index (κ2) is 9.95. The lowest BCUT2D eigenvalue weighted by atomic mass is 10.1. The molecule has 7 nitrogen and oxygen atoms in total. The highest BCUT2D eigenvalue weighted by Crippen LogP contribution is 2.07. The average molecular weight is 358 g/mol. The van der Waals surface area contributed by atoms with Gasteiger partial charge < -0.3 is 19.3 Å². The van der Waals surface area contributed by atoms with Gasteiger partial charge in [-0.2, -0.15) is 0 Å². The summed E-state index contributed by atoms with van der Waals surface area (Å²) in [6, 6.07) is 14.2. The van der Waals surface area contributed by atoms with Gasteiger partial charge in [0.05, 0.1) is 29.9 Å². The van der Waals surface area contributed by atoms with Gasteiger partial charge in [0.2, 0.25) is 0 Å². The van der Waals surface area contributed by atoms with Crippen molar-refractivity contribution in [1.29, 1.82) is 0 Å². The molecule has 0 saturated heterocycles. The first kappa shape index (κ1) is 19.1. The molecule has 0 aliphatic rings. The van der Waals surface area contributed by atoms with E-state index in [4.69, 9.17) is 19.3 Å². The summed E-state index contributed by atoms with van der Waals surface area (Å²) in [4.78, 5) is 34.3. The summed E-state index contributed by atoms with van der Waals surface area (Å²) in [5.41, 5.74) is 0.627. The molecule has 2 aromatic carbocycles. The van der Waals surface area contributed by atoms with Crippen molar-refractivity contribution in [1.82, 2.24) is 0 Å². The lowest BCUT2D eigenvalue weighted by Gasteiger charge is -2.07. The van der Waals surface area contributed by atoms with Crippen molar-refractivity contribution in [2.24, 2.45) is 0 Å². The summed E-state index contributed by atoms with van der Waals surface area (Å²) < 4.78 is 15.2. The van der Waals surface area contributed by atoms with Gasteiger partial charge in [-0.25, -0.2) is 14.4 Å². The fraction of sp³-hybridized carbons (Fsp3) is 0.211. The summed E-state index contributed by atoms with van der Waals surface area (Å²) in [7, 11) is 0. The van der Waals surface area contributed by atoms with E-state index in [1.165, 1.54) is 24.3 Å². The zero-order valence-corrected chi connectivity index (χ0v) is 13.9. The molecule has 0 aliphatic heterocycles. The minimum Gasteiger partial charge on any atom is -0.478 e. The van der Waals surface area contributed by atoms with Crippen LogP contribution in [0, 0.1) is 0 Å². The van der Waals surface area contributed by atoms with Gasteiger partial charge in [-0.1, -0.05) is 24.3 Å². The molecule has 2 rings (SSSR count). The number of carbonyl (C=O) groups excluding carboxylic acids is 2. The quantitative estimate of drug-likeness (QED) is 0.543. The van der Waals surface area contributed by atoms with Crippen LogP contribution in [0.25, 0.3) is 0 Å². The Morgan fingerprint density at radius 1 is 0.692 bits per heavy atom. The van der Waals surface area contributed by atoms with Crippen LogP contribution in [0.2, 0.25) is 0 Å². The van der Waals surface area contributed by atoms with Crippen molar-refractivity contribution in [3.05, 3.63) is 71.3 Å². The van der Waals surface area contributed by atoms with Crippen molar-refractivity contribution in [2.45, 2.75) is 0 Å². The molecule has 0 unspecified atom stereocenters. The van der Waals surface area contributed by atoms with E-state index < -0.39 is 17.9 Å². The Bertz CT molecular complexity index is 755. The monoisotopic (exact) mass is 358 g/mol. The Morgan fingerprint density at radius 3 is 1.85 bits per heavy atom. The first-order chi connectivity index (χ1) is 12.6. The van der Waals surface area contributed by atoms with Gasteiger partial charge in [0, 0.05) is 0 Å². The number of hydrogen-bond acceptors (Lipinski definition) is 6. The van der Waals surface area contributed by atoms with Gasteiger partial charge in [-0.15, -0.1) is 0 Å². The van der Waals surface area contributed by atoms with Crippen LogP contribution in [0.1, 0.15) is 31.1 Å². The molecule has 136 valence electrons. The minimum absolute atomic E-state index is 0.00274. The number of carbonyl (C=O) groups is 3. The number of hydrogen-bond donors (Lipinski definition) is 1. The Morgan fingerprint density at radius 2 is 1.23 bits per heavy atom. The zero-order valence-electron chi connectivity index (χ0n) is 13.9. The van der Waals surface area contributed by atoms with Crippen LogP contribution in [-0.2, 0) is 14.2 Å². The molecule has 0 spiro atoms. The van der Waals surface area contributed by atoms with Crippen LogP contribution < -0.4 is 0 Å². The van der Waals surface area contributed by atoms with Crippen molar-refractivity contribution < 1.29 is 33.7 Å². The third kappa shape index (κ3) is 6.03. The Hall–Kier alpha value is -3.19. The van der Waals surface area contributed by atoms with Crippen molar-refractivity contribution >= 4 is 17.9 Å². The fourth-order valence-corrected chi connectivity index (χ4v) is 2.01. The molecule has 0 aliphatic carbocycles. The van der Waals surface area contributed by atoms with E-state index in [9.17, 15) is 14.4 Å². The van der Waals surface area contributed by atoms with Gasteiger partial charge in [-0.05, 0) is 30.3 Å².